The molecule has 58 valence electrons. The number of carbonyl (C=O) groups excluding carboxylic acids is 1. The highest BCUT2D eigenvalue weighted by Crippen LogP contribution is 2.00. The SMILES string of the molecule is COC(=O)c1cnnc(Br)n1. The van der Waals surface area contributed by atoms with E-state index in [1.54, 1.807) is 0 Å². The number of rotatable bonds is 1. The van der Waals surface area contributed by atoms with Crippen LogP contribution in [0.1, 0.15) is 10.5 Å². The van der Waals surface area contributed by atoms with Gasteiger partial charge in [-0.3, -0.25) is 0 Å². The van der Waals surface area contributed by atoms with E-state index in [4.69, 9.17) is 0 Å². The number of halogens is 1. The van der Waals surface area contributed by atoms with E-state index in [2.05, 4.69) is 35.8 Å². The maximum absolute atomic E-state index is 10.8. The Hall–Kier alpha value is -1.04. The minimum Gasteiger partial charge on any atom is -0.464 e. The number of methoxy groups -OCH3 is 1. The second-order valence-electron chi connectivity index (χ2n) is 1.60. The van der Waals surface area contributed by atoms with Crippen molar-refractivity contribution in [2.45, 2.75) is 0 Å². The molecule has 0 amide bonds. The average molecular weight is 218 g/mol. The Morgan fingerprint density at radius 3 is 3.00 bits per heavy atom. The normalized spacial score (nSPS) is 9.27. The topological polar surface area (TPSA) is 65.0 Å². The van der Waals surface area contributed by atoms with E-state index in [1.165, 1.54) is 13.3 Å². The van der Waals surface area contributed by atoms with E-state index in [0.717, 1.165) is 0 Å². The molecule has 0 bridgehead atoms. The van der Waals surface area contributed by atoms with Gasteiger partial charge in [-0.2, -0.15) is 5.10 Å². The number of nitrogens with zero attached hydrogens (tertiary/aromatic N) is 3. The van der Waals surface area contributed by atoms with Gasteiger partial charge < -0.3 is 4.74 Å². The van der Waals surface area contributed by atoms with Crippen molar-refractivity contribution < 1.29 is 9.53 Å². The maximum Gasteiger partial charge on any atom is 0.358 e. The molecule has 11 heavy (non-hydrogen) atoms. The molecule has 0 aliphatic heterocycles. The summed E-state index contributed by atoms with van der Waals surface area (Å²) < 4.78 is 4.67. The van der Waals surface area contributed by atoms with Crippen LogP contribution in [-0.2, 0) is 4.74 Å². The van der Waals surface area contributed by atoms with Crippen molar-refractivity contribution in [1.82, 2.24) is 15.2 Å². The predicted molar refractivity (Wildman–Crippen MR) is 38.9 cm³/mol. The van der Waals surface area contributed by atoms with Crippen LogP contribution in [0.25, 0.3) is 0 Å². The van der Waals surface area contributed by atoms with Gasteiger partial charge in [-0.25, -0.2) is 9.78 Å². The van der Waals surface area contributed by atoms with Gasteiger partial charge in [-0.05, 0) is 15.9 Å². The molecule has 1 rings (SSSR count). The van der Waals surface area contributed by atoms with Gasteiger partial charge in [0.15, 0.2) is 5.69 Å². The number of ether oxygens (including phenoxy) is 1. The zero-order valence-electron chi connectivity index (χ0n) is 5.61. The van der Waals surface area contributed by atoms with Crippen molar-refractivity contribution in [1.29, 1.82) is 0 Å². The lowest BCUT2D eigenvalue weighted by molar-refractivity contribution is 0.0592. The Bertz CT molecular complexity index is 278. The Labute approximate surface area is 70.9 Å². The molecule has 0 atom stereocenters. The number of esters is 1. The van der Waals surface area contributed by atoms with E-state index in [0.29, 0.717) is 0 Å². The quantitative estimate of drug-likeness (QED) is 0.639. The van der Waals surface area contributed by atoms with Crippen LogP contribution in [-0.4, -0.2) is 28.3 Å². The van der Waals surface area contributed by atoms with Crippen LogP contribution in [0.3, 0.4) is 0 Å². The second kappa shape index (κ2) is 3.38. The summed E-state index contributed by atoms with van der Waals surface area (Å²) in [5.74, 6) is -0.527. The molecule has 0 N–H and O–H groups in total. The Kier molecular flexibility index (Phi) is 2.48. The Morgan fingerprint density at radius 1 is 1.73 bits per heavy atom. The molecule has 0 aliphatic carbocycles. The average Bonchev–Trinajstić information content (AvgIpc) is 2.03. The van der Waals surface area contributed by atoms with Gasteiger partial charge in [-0.15, -0.1) is 5.10 Å². The van der Waals surface area contributed by atoms with Crippen molar-refractivity contribution in [2.75, 3.05) is 7.11 Å². The van der Waals surface area contributed by atoms with Gasteiger partial charge in [-0.1, -0.05) is 0 Å². The van der Waals surface area contributed by atoms with Crippen molar-refractivity contribution in [2.24, 2.45) is 0 Å². The molecule has 0 radical (unpaired) electrons. The number of hydrogen-bond acceptors (Lipinski definition) is 5. The monoisotopic (exact) mass is 217 g/mol. The first kappa shape index (κ1) is 8.06. The summed E-state index contributed by atoms with van der Waals surface area (Å²) in [6, 6.07) is 0. The van der Waals surface area contributed by atoms with Crippen LogP contribution in [0.4, 0.5) is 0 Å². The minimum absolute atomic E-state index is 0.134. The Morgan fingerprint density at radius 2 is 2.45 bits per heavy atom. The van der Waals surface area contributed by atoms with Gasteiger partial charge in [0.25, 0.3) is 0 Å². The summed E-state index contributed by atoms with van der Waals surface area (Å²) in [7, 11) is 1.28. The van der Waals surface area contributed by atoms with Gasteiger partial charge in [0.2, 0.25) is 4.73 Å². The fraction of sp³-hybridized carbons (Fsp3) is 0.200. The fourth-order valence-corrected chi connectivity index (χ4v) is 0.767. The van der Waals surface area contributed by atoms with Crippen molar-refractivity contribution in [3.05, 3.63) is 16.6 Å². The molecule has 0 unspecified atom stereocenters. The highest BCUT2D eigenvalue weighted by molar-refractivity contribution is 9.10. The van der Waals surface area contributed by atoms with Crippen LogP contribution >= 0.6 is 15.9 Å². The Balaban J connectivity index is 2.96. The second-order valence-corrected chi connectivity index (χ2v) is 2.31. The minimum atomic E-state index is -0.527. The number of aromatic nitrogens is 3. The number of carbonyl (C=O) groups is 1. The predicted octanol–water partition coefficient (Wildman–Crippen LogP) is 0.421. The van der Waals surface area contributed by atoms with Crippen LogP contribution in [0.15, 0.2) is 10.9 Å². The van der Waals surface area contributed by atoms with E-state index in [1.807, 2.05) is 0 Å². The molecule has 5 nitrogen and oxygen atoms in total. The smallest absolute Gasteiger partial charge is 0.358 e. The highest BCUT2D eigenvalue weighted by Gasteiger charge is 2.07. The van der Waals surface area contributed by atoms with Gasteiger partial charge in [0.1, 0.15) is 0 Å². The third-order valence-corrected chi connectivity index (χ3v) is 1.26. The first-order chi connectivity index (χ1) is 5.24. The molecule has 6 heteroatoms. The van der Waals surface area contributed by atoms with Crippen molar-refractivity contribution in [3.8, 4) is 0 Å². The molecule has 0 aromatic carbocycles. The first-order valence-electron chi connectivity index (χ1n) is 2.67. The van der Waals surface area contributed by atoms with Crippen LogP contribution in [0.2, 0.25) is 0 Å². The molecule has 0 saturated carbocycles. The van der Waals surface area contributed by atoms with E-state index >= 15 is 0 Å². The third-order valence-electron chi connectivity index (χ3n) is 0.928. The molecule has 1 aromatic rings. The standard InChI is InChI=1S/C5H4BrN3O2/c1-11-4(10)3-2-7-9-5(6)8-3/h2H,1H3. The van der Waals surface area contributed by atoms with Crippen LogP contribution in [0.5, 0.6) is 0 Å². The lowest BCUT2D eigenvalue weighted by Crippen LogP contribution is -2.05. The van der Waals surface area contributed by atoms with Crippen LogP contribution < -0.4 is 0 Å². The molecule has 0 saturated heterocycles. The van der Waals surface area contributed by atoms with Gasteiger partial charge in [0, 0.05) is 0 Å². The summed E-state index contributed by atoms with van der Waals surface area (Å²) in [5, 5.41) is 7.00. The van der Waals surface area contributed by atoms with Crippen LogP contribution in [0, 0.1) is 0 Å². The summed E-state index contributed by atoms with van der Waals surface area (Å²) in [6.45, 7) is 0. The van der Waals surface area contributed by atoms with Gasteiger partial charge >= 0.3 is 5.97 Å². The first-order valence-corrected chi connectivity index (χ1v) is 3.47. The van der Waals surface area contributed by atoms with Gasteiger partial charge in [0.05, 0.1) is 13.3 Å². The molecule has 1 heterocycles. The van der Waals surface area contributed by atoms with E-state index < -0.39 is 5.97 Å². The highest BCUT2D eigenvalue weighted by atomic mass is 79.9. The number of hydrogen-bond donors (Lipinski definition) is 0. The molecule has 0 aliphatic rings. The fourth-order valence-electron chi connectivity index (χ4n) is 0.485. The molecular formula is C5H4BrN3O2. The molecule has 0 spiro atoms. The van der Waals surface area contributed by atoms with E-state index in [-0.39, 0.29) is 10.4 Å². The molecule has 1 aromatic heterocycles. The summed E-state index contributed by atoms with van der Waals surface area (Å²) in [5.41, 5.74) is 0.134. The summed E-state index contributed by atoms with van der Waals surface area (Å²) in [6.07, 6.45) is 1.23. The largest absolute Gasteiger partial charge is 0.464 e. The molecule has 0 fully saturated rings. The third kappa shape index (κ3) is 1.94. The summed E-state index contributed by atoms with van der Waals surface area (Å²) >= 11 is 2.97. The van der Waals surface area contributed by atoms with E-state index in [9.17, 15) is 4.79 Å². The summed E-state index contributed by atoms with van der Waals surface area (Å²) in [4.78, 5) is 14.5. The zero-order valence-corrected chi connectivity index (χ0v) is 7.20. The zero-order chi connectivity index (χ0) is 8.27. The van der Waals surface area contributed by atoms with Crippen molar-refractivity contribution >= 4 is 21.9 Å². The van der Waals surface area contributed by atoms with Crippen molar-refractivity contribution in [3.63, 3.8) is 0 Å². The maximum atomic E-state index is 10.8. The molecular weight excluding hydrogens is 214 g/mol. The lowest BCUT2D eigenvalue weighted by Gasteiger charge is -1.95. The lowest BCUT2D eigenvalue weighted by atomic mass is 10.5.